The van der Waals surface area contributed by atoms with Crippen LogP contribution in [0.4, 0.5) is 11.5 Å². The third kappa shape index (κ3) is 2.87. The first kappa shape index (κ1) is 13.8. The van der Waals surface area contributed by atoms with E-state index in [9.17, 15) is 4.79 Å². The second kappa shape index (κ2) is 5.58. The normalized spacial score (nSPS) is 17.8. The van der Waals surface area contributed by atoms with Crippen LogP contribution in [0.25, 0.3) is 0 Å². The number of nitrogens with two attached hydrogens (primary N) is 1. The maximum Gasteiger partial charge on any atom is 0.331 e. The van der Waals surface area contributed by atoms with Crippen LogP contribution in [0.5, 0.6) is 0 Å². The fourth-order valence-corrected chi connectivity index (χ4v) is 2.13. The summed E-state index contributed by atoms with van der Waals surface area (Å²) >= 11 is 5.73. The van der Waals surface area contributed by atoms with Gasteiger partial charge in [-0.2, -0.15) is 4.98 Å². The molecular weight excluding hydrogens is 272 g/mol. The lowest BCUT2D eigenvalue weighted by atomic mass is 9.90. The molecule has 3 N–H and O–H groups in total. The zero-order valence-electron chi connectivity index (χ0n) is 10.5. The molecule has 8 heteroatoms. The van der Waals surface area contributed by atoms with Gasteiger partial charge in [-0.05, 0) is 11.6 Å². The van der Waals surface area contributed by atoms with Crippen LogP contribution in [0.15, 0.2) is 6.20 Å². The van der Waals surface area contributed by atoms with Gasteiger partial charge in [-0.1, -0.05) is 0 Å². The molecular formula is C11H15ClN4O3. The Morgan fingerprint density at radius 2 is 2.26 bits per heavy atom. The number of methoxy groups -OCH3 is 1. The van der Waals surface area contributed by atoms with Gasteiger partial charge in [0.05, 0.1) is 19.0 Å². The number of nitrogens with zero attached hydrogens (tertiary/aromatic N) is 2. The van der Waals surface area contributed by atoms with E-state index in [1.807, 2.05) is 0 Å². The van der Waals surface area contributed by atoms with E-state index in [-0.39, 0.29) is 11.3 Å². The Labute approximate surface area is 115 Å². The highest BCUT2D eigenvalue weighted by atomic mass is 35.5. The van der Waals surface area contributed by atoms with Crippen molar-refractivity contribution >= 4 is 29.1 Å². The largest absolute Gasteiger partial charge is 0.467 e. The Bertz CT molecular complexity index is 477. The fourth-order valence-electron chi connectivity index (χ4n) is 1.99. The average molecular weight is 287 g/mol. The molecule has 1 aromatic rings. The Kier molecular flexibility index (Phi) is 4.06. The van der Waals surface area contributed by atoms with E-state index in [2.05, 4.69) is 15.3 Å². The second-order valence-electron chi connectivity index (χ2n) is 4.25. The molecule has 1 aliphatic heterocycles. The summed E-state index contributed by atoms with van der Waals surface area (Å²) in [6.45, 7) is 0.918. The molecule has 1 saturated heterocycles. The maximum absolute atomic E-state index is 12.0. The van der Waals surface area contributed by atoms with Crippen LogP contribution in [-0.4, -0.2) is 41.8 Å². The summed E-state index contributed by atoms with van der Waals surface area (Å²) in [5, 5.41) is 3.10. The molecule has 0 unspecified atom stereocenters. The molecule has 0 aromatic carbocycles. The van der Waals surface area contributed by atoms with E-state index >= 15 is 0 Å². The van der Waals surface area contributed by atoms with Gasteiger partial charge in [0.2, 0.25) is 5.28 Å². The van der Waals surface area contributed by atoms with E-state index < -0.39 is 5.54 Å². The summed E-state index contributed by atoms with van der Waals surface area (Å²) in [7, 11) is 1.34. The first-order chi connectivity index (χ1) is 9.07. The lowest BCUT2D eigenvalue weighted by Crippen LogP contribution is -2.51. The van der Waals surface area contributed by atoms with Gasteiger partial charge in [-0.3, -0.25) is 0 Å². The number of hydrogen-bond acceptors (Lipinski definition) is 7. The number of nitrogen functional groups attached to an aromatic ring is 1. The Morgan fingerprint density at radius 1 is 1.58 bits per heavy atom. The van der Waals surface area contributed by atoms with Gasteiger partial charge >= 0.3 is 5.97 Å². The molecule has 0 atom stereocenters. The van der Waals surface area contributed by atoms with Crippen molar-refractivity contribution in [2.45, 2.75) is 18.4 Å². The average Bonchev–Trinajstić information content (AvgIpc) is 2.43. The van der Waals surface area contributed by atoms with Gasteiger partial charge in [0.25, 0.3) is 0 Å². The van der Waals surface area contributed by atoms with Gasteiger partial charge < -0.3 is 20.5 Å². The van der Waals surface area contributed by atoms with Crippen molar-refractivity contribution in [1.82, 2.24) is 9.97 Å². The van der Waals surface area contributed by atoms with Crippen molar-refractivity contribution in [3.8, 4) is 0 Å². The molecule has 0 amide bonds. The molecule has 2 heterocycles. The first-order valence-corrected chi connectivity index (χ1v) is 6.17. The molecule has 0 saturated carbocycles. The zero-order valence-corrected chi connectivity index (χ0v) is 11.2. The Balaban J connectivity index is 2.29. The number of nitrogens with one attached hydrogen (secondary N) is 1. The van der Waals surface area contributed by atoms with Crippen molar-refractivity contribution in [3.63, 3.8) is 0 Å². The molecule has 0 radical (unpaired) electrons. The van der Waals surface area contributed by atoms with Gasteiger partial charge in [-0.15, -0.1) is 0 Å². The summed E-state index contributed by atoms with van der Waals surface area (Å²) < 4.78 is 10.1. The quantitative estimate of drug-likeness (QED) is 0.627. The summed E-state index contributed by atoms with van der Waals surface area (Å²) in [6.07, 6.45) is 2.34. The number of carbonyl (C=O) groups excluding carboxylic acids is 1. The highest BCUT2D eigenvalue weighted by Gasteiger charge is 2.42. The maximum atomic E-state index is 12.0. The highest BCUT2D eigenvalue weighted by Crippen LogP contribution is 2.29. The number of anilines is 2. The Hall–Kier alpha value is -1.60. The molecule has 2 rings (SSSR count). The van der Waals surface area contributed by atoms with Crippen molar-refractivity contribution in [3.05, 3.63) is 11.5 Å². The number of aromatic nitrogens is 2. The van der Waals surface area contributed by atoms with Gasteiger partial charge in [0.15, 0.2) is 5.82 Å². The highest BCUT2D eigenvalue weighted by molar-refractivity contribution is 6.28. The van der Waals surface area contributed by atoms with Crippen molar-refractivity contribution < 1.29 is 14.3 Å². The van der Waals surface area contributed by atoms with Crippen LogP contribution in [0.3, 0.4) is 0 Å². The van der Waals surface area contributed by atoms with Gasteiger partial charge in [0.1, 0.15) is 5.54 Å². The van der Waals surface area contributed by atoms with Crippen molar-refractivity contribution in [2.24, 2.45) is 0 Å². The number of hydrogen-bond donors (Lipinski definition) is 2. The van der Waals surface area contributed by atoms with E-state index in [0.29, 0.717) is 37.6 Å². The third-order valence-electron chi connectivity index (χ3n) is 3.07. The molecule has 1 aromatic heterocycles. The van der Waals surface area contributed by atoms with Crippen molar-refractivity contribution in [2.75, 3.05) is 31.4 Å². The van der Waals surface area contributed by atoms with Gasteiger partial charge in [0, 0.05) is 26.1 Å². The molecule has 19 heavy (non-hydrogen) atoms. The van der Waals surface area contributed by atoms with Crippen LogP contribution in [0.1, 0.15) is 12.8 Å². The van der Waals surface area contributed by atoms with Crippen LogP contribution >= 0.6 is 11.6 Å². The van der Waals surface area contributed by atoms with E-state index in [1.165, 1.54) is 13.3 Å². The summed E-state index contributed by atoms with van der Waals surface area (Å²) in [5.74, 6) is -0.0442. The lowest BCUT2D eigenvalue weighted by Gasteiger charge is -2.35. The molecule has 104 valence electrons. The van der Waals surface area contributed by atoms with E-state index in [1.54, 1.807) is 0 Å². The summed E-state index contributed by atoms with van der Waals surface area (Å²) in [4.78, 5) is 19.8. The lowest BCUT2D eigenvalue weighted by molar-refractivity contribution is -0.149. The molecule has 1 aliphatic rings. The van der Waals surface area contributed by atoms with Crippen molar-refractivity contribution in [1.29, 1.82) is 0 Å². The Morgan fingerprint density at radius 3 is 2.89 bits per heavy atom. The zero-order chi connectivity index (χ0) is 13.9. The number of esters is 1. The fraction of sp³-hybridized carbons (Fsp3) is 0.545. The number of ether oxygens (including phenoxy) is 2. The third-order valence-corrected chi connectivity index (χ3v) is 3.25. The smallest absolute Gasteiger partial charge is 0.331 e. The number of rotatable bonds is 3. The summed E-state index contributed by atoms with van der Waals surface area (Å²) in [5.41, 5.74) is 5.21. The number of halogens is 1. The SMILES string of the molecule is COC(=O)C1(Nc2nc(Cl)ncc2N)CCOCC1. The molecule has 7 nitrogen and oxygen atoms in total. The molecule has 0 aliphatic carbocycles. The van der Waals surface area contributed by atoms with Crippen LogP contribution < -0.4 is 11.1 Å². The monoisotopic (exact) mass is 286 g/mol. The predicted molar refractivity (Wildman–Crippen MR) is 69.9 cm³/mol. The molecule has 0 spiro atoms. The predicted octanol–water partition coefficient (Wildman–Crippen LogP) is 0.846. The summed E-state index contributed by atoms with van der Waals surface area (Å²) in [6, 6.07) is 0. The molecule has 0 bridgehead atoms. The second-order valence-corrected chi connectivity index (χ2v) is 4.59. The van der Waals surface area contributed by atoms with E-state index in [0.717, 1.165) is 0 Å². The van der Waals surface area contributed by atoms with Crippen LogP contribution in [-0.2, 0) is 14.3 Å². The molecule has 1 fully saturated rings. The van der Waals surface area contributed by atoms with Crippen LogP contribution in [0.2, 0.25) is 5.28 Å². The van der Waals surface area contributed by atoms with Crippen LogP contribution in [0, 0.1) is 0 Å². The van der Waals surface area contributed by atoms with E-state index in [4.69, 9.17) is 26.8 Å². The minimum atomic E-state index is -0.890. The topological polar surface area (TPSA) is 99.4 Å². The first-order valence-electron chi connectivity index (χ1n) is 5.80. The minimum Gasteiger partial charge on any atom is -0.467 e. The minimum absolute atomic E-state index is 0.0591. The standard InChI is InChI=1S/C11H15ClN4O3/c1-18-9(17)11(2-4-19-5-3-11)16-8-7(13)6-14-10(12)15-8/h6H,2-5,13H2,1H3,(H,14,15,16). The van der Waals surface area contributed by atoms with Gasteiger partial charge in [-0.25, -0.2) is 9.78 Å². The number of carbonyl (C=O) groups is 1.